The lowest BCUT2D eigenvalue weighted by molar-refractivity contribution is 0.102. The van der Waals surface area contributed by atoms with Gasteiger partial charge in [-0.25, -0.2) is 4.98 Å². The minimum atomic E-state index is -0.0858. The topological polar surface area (TPSA) is 46.4 Å². The van der Waals surface area contributed by atoms with Crippen LogP contribution >= 0.6 is 11.3 Å². The first-order chi connectivity index (χ1) is 13.0. The summed E-state index contributed by atoms with van der Waals surface area (Å²) in [5.74, 6) is 0.258. The summed E-state index contributed by atoms with van der Waals surface area (Å²) < 4.78 is 2.00. The fraction of sp³-hybridized carbons (Fsp3) is 0.182. The van der Waals surface area contributed by atoms with Crippen molar-refractivity contribution in [2.24, 2.45) is 0 Å². The highest BCUT2D eigenvalue weighted by Gasteiger charge is 2.19. The van der Waals surface area contributed by atoms with Gasteiger partial charge in [-0.3, -0.25) is 9.20 Å². The van der Waals surface area contributed by atoms with Crippen LogP contribution in [0.5, 0.6) is 0 Å². The molecule has 27 heavy (non-hydrogen) atoms. The van der Waals surface area contributed by atoms with Crippen molar-refractivity contribution in [3.63, 3.8) is 0 Å². The maximum absolute atomic E-state index is 12.9. The summed E-state index contributed by atoms with van der Waals surface area (Å²) >= 11 is 1.42. The predicted octanol–water partition coefficient (Wildman–Crippen LogP) is 5.75. The Balaban J connectivity index is 1.66. The highest BCUT2D eigenvalue weighted by Crippen LogP contribution is 2.29. The van der Waals surface area contributed by atoms with Crippen LogP contribution in [-0.4, -0.2) is 15.3 Å². The minimum absolute atomic E-state index is 0.0858. The van der Waals surface area contributed by atoms with Crippen molar-refractivity contribution in [2.75, 3.05) is 5.32 Å². The highest BCUT2D eigenvalue weighted by atomic mass is 32.1. The van der Waals surface area contributed by atoms with Gasteiger partial charge < -0.3 is 5.32 Å². The molecular weight excluding hydrogens is 354 g/mol. The number of fused-ring (bicyclic) bond motifs is 1. The van der Waals surface area contributed by atoms with E-state index in [0.717, 1.165) is 33.2 Å². The lowest BCUT2D eigenvalue weighted by Crippen LogP contribution is -2.13. The first kappa shape index (κ1) is 17.5. The number of thiazole rings is 1. The minimum Gasteiger partial charge on any atom is -0.321 e. The Morgan fingerprint density at radius 1 is 1.07 bits per heavy atom. The molecule has 0 atom stereocenters. The quantitative estimate of drug-likeness (QED) is 0.494. The molecule has 136 valence electrons. The fourth-order valence-corrected chi connectivity index (χ4v) is 4.21. The number of aromatic nitrogens is 2. The van der Waals surface area contributed by atoms with Crippen molar-refractivity contribution < 1.29 is 4.79 Å². The van der Waals surface area contributed by atoms with Gasteiger partial charge in [-0.2, -0.15) is 0 Å². The van der Waals surface area contributed by atoms with E-state index in [1.807, 2.05) is 66.1 Å². The molecule has 4 aromatic rings. The molecule has 5 heteroatoms. The van der Waals surface area contributed by atoms with Crippen molar-refractivity contribution in [1.29, 1.82) is 0 Å². The SMILES string of the molecule is Cc1c(C(=O)Nc2ccccc2C(C)C)sc2nc(-c3ccccc3)cn12. The van der Waals surface area contributed by atoms with Gasteiger partial charge in [0.15, 0.2) is 4.96 Å². The van der Waals surface area contributed by atoms with Gasteiger partial charge in [-0.1, -0.05) is 73.7 Å². The predicted molar refractivity (Wildman–Crippen MR) is 112 cm³/mol. The number of hydrogen-bond donors (Lipinski definition) is 1. The Kier molecular flexibility index (Phi) is 4.54. The van der Waals surface area contributed by atoms with E-state index in [1.54, 1.807) is 0 Å². The molecule has 0 spiro atoms. The second-order valence-corrected chi connectivity index (χ2v) is 7.83. The Morgan fingerprint density at radius 3 is 2.48 bits per heavy atom. The van der Waals surface area contributed by atoms with Gasteiger partial charge >= 0.3 is 0 Å². The summed E-state index contributed by atoms with van der Waals surface area (Å²) in [6.07, 6.45) is 2.00. The molecule has 0 aliphatic carbocycles. The van der Waals surface area contributed by atoms with E-state index in [2.05, 4.69) is 25.2 Å². The van der Waals surface area contributed by atoms with Gasteiger partial charge in [0, 0.05) is 23.1 Å². The Labute approximate surface area is 162 Å². The van der Waals surface area contributed by atoms with Crippen molar-refractivity contribution >= 4 is 27.9 Å². The first-order valence-corrected chi connectivity index (χ1v) is 9.80. The summed E-state index contributed by atoms with van der Waals surface area (Å²) in [5, 5.41) is 3.08. The average Bonchev–Trinajstić information content (AvgIpc) is 3.22. The monoisotopic (exact) mass is 375 g/mol. The van der Waals surface area contributed by atoms with Crippen LogP contribution in [0.2, 0.25) is 0 Å². The summed E-state index contributed by atoms with van der Waals surface area (Å²) in [4.78, 5) is 19.1. The first-order valence-electron chi connectivity index (χ1n) is 8.99. The second kappa shape index (κ2) is 7.00. The van der Waals surface area contributed by atoms with Crippen LogP contribution in [0.15, 0.2) is 60.8 Å². The average molecular weight is 375 g/mol. The van der Waals surface area contributed by atoms with Crippen molar-refractivity contribution in [2.45, 2.75) is 26.7 Å². The third-order valence-corrected chi connectivity index (χ3v) is 5.82. The summed E-state index contributed by atoms with van der Waals surface area (Å²) in [6.45, 7) is 6.21. The second-order valence-electron chi connectivity index (χ2n) is 6.86. The van der Waals surface area contributed by atoms with Crippen LogP contribution in [0.25, 0.3) is 16.2 Å². The number of benzene rings is 2. The molecule has 2 aromatic carbocycles. The summed E-state index contributed by atoms with van der Waals surface area (Å²) in [5.41, 5.74) is 4.90. The maximum Gasteiger partial charge on any atom is 0.267 e. The molecule has 2 heterocycles. The van der Waals surface area contributed by atoms with Crippen molar-refractivity contribution in [3.8, 4) is 11.3 Å². The van der Waals surface area contributed by atoms with E-state index in [4.69, 9.17) is 4.98 Å². The highest BCUT2D eigenvalue weighted by molar-refractivity contribution is 7.19. The van der Waals surface area contributed by atoms with E-state index >= 15 is 0 Å². The number of carbonyl (C=O) groups is 1. The normalized spacial score (nSPS) is 11.3. The molecular formula is C22H21N3OS. The molecule has 0 bridgehead atoms. The zero-order chi connectivity index (χ0) is 19.0. The number of anilines is 1. The standard InChI is InChI=1S/C22H21N3OS/c1-14(2)17-11-7-8-12-18(17)23-21(26)20-15(3)25-13-19(24-22(25)27-20)16-9-5-4-6-10-16/h4-14H,1-3H3,(H,23,26). The Morgan fingerprint density at radius 2 is 1.78 bits per heavy atom. The molecule has 0 radical (unpaired) electrons. The number of hydrogen-bond acceptors (Lipinski definition) is 3. The molecule has 0 fully saturated rings. The zero-order valence-corrected chi connectivity index (χ0v) is 16.4. The summed E-state index contributed by atoms with van der Waals surface area (Å²) in [6, 6.07) is 18.0. The lowest BCUT2D eigenvalue weighted by atomic mass is 10.0. The van der Waals surface area contributed by atoms with Gasteiger partial charge in [0.25, 0.3) is 5.91 Å². The van der Waals surface area contributed by atoms with Crippen LogP contribution in [0.1, 0.15) is 40.7 Å². The van der Waals surface area contributed by atoms with Crippen LogP contribution in [0, 0.1) is 6.92 Å². The number of nitrogens with zero attached hydrogens (tertiary/aromatic N) is 2. The number of amides is 1. The lowest BCUT2D eigenvalue weighted by Gasteiger charge is -2.13. The van der Waals surface area contributed by atoms with Gasteiger partial charge in [0.1, 0.15) is 4.88 Å². The van der Waals surface area contributed by atoms with Crippen LogP contribution < -0.4 is 5.32 Å². The Hall–Kier alpha value is -2.92. The number of para-hydroxylation sites is 1. The van der Waals surface area contributed by atoms with E-state index in [1.165, 1.54) is 11.3 Å². The van der Waals surface area contributed by atoms with E-state index in [-0.39, 0.29) is 5.91 Å². The van der Waals surface area contributed by atoms with Gasteiger partial charge in [-0.15, -0.1) is 0 Å². The molecule has 0 aliphatic heterocycles. The van der Waals surface area contributed by atoms with Gasteiger partial charge in [0.05, 0.1) is 5.69 Å². The third kappa shape index (κ3) is 3.26. The molecule has 2 aromatic heterocycles. The number of nitrogens with one attached hydrogen (secondary N) is 1. The molecule has 1 amide bonds. The molecule has 4 nitrogen and oxygen atoms in total. The van der Waals surface area contributed by atoms with Crippen molar-refractivity contribution in [3.05, 3.63) is 76.9 Å². The van der Waals surface area contributed by atoms with E-state index in [9.17, 15) is 4.79 Å². The molecule has 0 unspecified atom stereocenters. The molecule has 0 saturated carbocycles. The van der Waals surface area contributed by atoms with Crippen LogP contribution in [-0.2, 0) is 0 Å². The van der Waals surface area contributed by atoms with E-state index in [0.29, 0.717) is 10.8 Å². The smallest absolute Gasteiger partial charge is 0.267 e. The zero-order valence-electron chi connectivity index (χ0n) is 15.6. The molecule has 1 N–H and O–H groups in total. The largest absolute Gasteiger partial charge is 0.321 e. The van der Waals surface area contributed by atoms with Crippen molar-refractivity contribution in [1.82, 2.24) is 9.38 Å². The van der Waals surface area contributed by atoms with Gasteiger partial charge in [0.2, 0.25) is 0 Å². The summed E-state index contributed by atoms with van der Waals surface area (Å²) in [7, 11) is 0. The van der Waals surface area contributed by atoms with Gasteiger partial charge in [-0.05, 0) is 24.5 Å². The Bertz CT molecular complexity index is 1110. The fourth-order valence-electron chi connectivity index (χ4n) is 3.20. The number of aryl methyl sites for hydroxylation is 1. The van der Waals surface area contributed by atoms with E-state index < -0.39 is 0 Å². The molecule has 0 aliphatic rings. The molecule has 4 rings (SSSR count). The van der Waals surface area contributed by atoms with Crippen LogP contribution in [0.3, 0.4) is 0 Å². The number of imidazole rings is 1. The third-order valence-electron chi connectivity index (χ3n) is 4.66. The van der Waals surface area contributed by atoms with Crippen LogP contribution in [0.4, 0.5) is 5.69 Å². The number of rotatable bonds is 4. The molecule has 0 saturated heterocycles. The number of carbonyl (C=O) groups excluding carboxylic acids is 1. The maximum atomic E-state index is 12.9.